The highest BCUT2D eigenvalue weighted by molar-refractivity contribution is 7.99. The largest absolute Gasteiger partial charge is 0.461 e. The lowest BCUT2D eigenvalue weighted by Gasteiger charge is -2.14. The summed E-state index contributed by atoms with van der Waals surface area (Å²) in [5, 5.41) is 1.57. The maximum Gasteiger partial charge on any atom is 0.326 e. The zero-order valence-electron chi connectivity index (χ0n) is 13.8. The number of nitrogens with zero attached hydrogens (tertiary/aromatic N) is 2. The molecule has 1 aromatic carbocycles. The van der Waals surface area contributed by atoms with Crippen molar-refractivity contribution in [3.63, 3.8) is 0 Å². The van der Waals surface area contributed by atoms with Crippen LogP contribution in [-0.2, 0) is 16.1 Å². The average molecular weight is 332 g/mol. The van der Waals surface area contributed by atoms with Gasteiger partial charge in [0, 0.05) is 5.25 Å². The van der Waals surface area contributed by atoms with Gasteiger partial charge in [-0.1, -0.05) is 43.7 Å². The van der Waals surface area contributed by atoms with Crippen molar-refractivity contribution in [1.29, 1.82) is 0 Å². The van der Waals surface area contributed by atoms with Crippen LogP contribution in [0.3, 0.4) is 0 Å². The predicted octanol–water partition coefficient (Wildman–Crippen LogP) is 4.41. The first-order valence-corrected chi connectivity index (χ1v) is 9.36. The first kappa shape index (κ1) is 16.4. The minimum Gasteiger partial charge on any atom is -0.461 e. The number of ether oxygens (including phenoxy) is 1. The van der Waals surface area contributed by atoms with E-state index in [1.54, 1.807) is 0 Å². The molecule has 0 amide bonds. The molecule has 1 aromatic heterocycles. The molecule has 0 saturated heterocycles. The van der Waals surface area contributed by atoms with Crippen LogP contribution < -0.4 is 0 Å². The Morgan fingerprint density at radius 2 is 2.13 bits per heavy atom. The van der Waals surface area contributed by atoms with Crippen LogP contribution in [0, 0.1) is 0 Å². The summed E-state index contributed by atoms with van der Waals surface area (Å²) in [5.74, 6) is -0.184. The third-order valence-electron chi connectivity index (χ3n) is 4.39. The number of hydrogen-bond donors (Lipinski definition) is 0. The van der Waals surface area contributed by atoms with E-state index in [0.717, 1.165) is 22.6 Å². The molecule has 1 aliphatic rings. The van der Waals surface area contributed by atoms with E-state index in [1.165, 1.54) is 25.7 Å². The van der Waals surface area contributed by atoms with E-state index >= 15 is 0 Å². The Balaban J connectivity index is 1.84. The molecule has 1 heterocycles. The number of esters is 1. The minimum atomic E-state index is -0.184. The van der Waals surface area contributed by atoms with E-state index in [1.807, 2.05) is 54.4 Å². The van der Waals surface area contributed by atoms with Gasteiger partial charge in [-0.05, 0) is 38.3 Å². The van der Waals surface area contributed by atoms with Crippen LogP contribution in [0.2, 0.25) is 0 Å². The molecule has 0 radical (unpaired) electrons. The molecular weight excluding hydrogens is 308 g/mol. The van der Waals surface area contributed by atoms with E-state index in [-0.39, 0.29) is 18.6 Å². The highest BCUT2D eigenvalue weighted by Crippen LogP contribution is 2.35. The molecule has 0 N–H and O–H groups in total. The summed E-state index contributed by atoms with van der Waals surface area (Å²) < 4.78 is 7.47. The number of carbonyl (C=O) groups excluding carboxylic acids is 1. The van der Waals surface area contributed by atoms with E-state index < -0.39 is 0 Å². The molecule has 0 bridgehead atoms. The van der Waals surface area contributed by atoms with Crippen molar-refractivity contribution >= 4 is 28.8 Å². The highest BCUT2D eigenvalue weighted by Gasteiger charge is 2.22. The lowest BCUT2D eigenvalue weighted by molar-refractivity contribution is -0.149. The molecule has 1 saturated carbocycles. The summed E-state index contributed by atoms with van der Waals surface area (Å²) in [4.78, 5) is 17.0. The van der Waals surface area contributed by atoms with Crippen LogP contribution in [0.5, 0.6) is 0 Å². The van der Waals surface area contributed by atoms with Crippen LogP contribution >= 0.6 is 11.8 Å². The molecule has 124 valence electrons. The number of rotatable bonds is 6. The van der Waals surface area contributed by atoms with Gasteiger partial charge in [0.25, 0.3) is 0 Å². The first-order valence-electron chi connectivity index (χ1n) is 8.48. The quantitative estimate of drug-likeness (QED) is 0.735. The zero-order chi connectivity index (χ0) is 16.2. The Morgan fingerprint density at radius 3 is 2.87 bits per heavy atom. The Kier molecular flexibility index (Phi) is 5.26. The highest BCUT2D eigenvalue weighted by atomic mass is 32.2. The van der Waals surface area contributed by atoms with Crippen molar-refractivity contribution in [2.45, 2.75) is 69.0 Å². The fourth-order valence-electron chi connectivity index (χ4n) is 2.93. The normalized spacial score (nSPS) is 16.8. The number of imidazole rings is 1. The van der Waals surface area contributed by atoms with Crippen molar-refractivity contribution in [2.75, 3.05) is 0 Å². The van der Waals surface area contributed by atoms with Gasteiger partial charge < -0.3 is 9.30 Å². The second-order valence-electron chi connectivity index (χ2n) is 6.20. The number of hydrogen-bond acceptors (Lipinski definition) is 4. The Labute approximate surface area is 141 Å². The number of carbonyl (C=O) groups is 1. The summed E-state index contributed by atoms with van der Waals surface area (Å²) in [6, 6.07) is 8.01. The van der Waals surface area contributed by atoms with Gasteiger partial charge in [-0.15, -0.1) is 0 Å². The lowest BCUT2D eigenvalue weighted by atomic mass is 10.3. The van der Waals surface area contributed by atoms with Crippen molar-refractivity contribution in [2.24, 2.45) is 0 Å². The van der Waals surface area contributed by atoms with Crippen LogP contribution in [0.4, 0.5) is 0 Å². The number of fused-ring (bicyclic) bond motifs is 1. The molecule has 5 heteroatoms. The molecular formula is C18H24N2O2S. The number of benzene rings is 1. The molecule has 1 fully saturated rings. The summed E-state index contributed by atoms with van der Waals surface area (Å²) in [6.07, 6.45) is 5.88. The van der Waals surface area contributed by atoms with Gasteiger partial charge in [0.05, 0.1) is 17.1 Å². The van der Waals surface area contributed by atoms with Crippen LogP contribution in [0.1, 0.15) is 46.0 Å². The van der Waals surface area contributed by atoms with Gasteiger partial charge in [-0.3, -0.25) is 4.79 Å². The van der Waals surface area contributed by atoms with Crippen molar-refractivity contribution in [1.82, 2.24) is 9.55 Å². The predicted molar refractivity (Wildman–Crippen MR) is 93.7 cm³/mol. The molecule has 2 aromatic rings. The molecule has 1 atom stereocenters. The Morgan fingerprint density at radius 1 is 1.39 bits per heavy atom. The third-order valence-corrected chi connectivity index (χ3v) is 5.72. The fourth-order valence-corrected chi connectivity index (χ4v) is 4.23. The summed E-state index contributed by atoms with van der Waals surface area (Å²) in [7, 11) is 0. The number of para-hydroxylation sites is 2. The maximum atomic E-state index is 12.2. The molecule has 1 aliphatic carbocycles. The van der Waals surface area contributed by atoms with Crippen molar-refractivity contribution < 1.29 is 9.53 Å². The van der Waals surface area contributed by atoms with Gasteiger partial charge in [0.1, 0.15) is 6.54 Å². The van der Waals surface area contributed by atoms with Gasteiger partial charge in [0.2, 0.25) is 0 Å². The van der Waals surface area contributed by atoms with E-state index in [4.69, 9.17) is 9.72 Å². The van der Waals surface area contributed by atoms with Gasteiger partial charge in [0.15, 0.2) is 5.16 Å². The van der Waals surface area contributed by atoms with Crippen LogP contribution in [0.25, 0.3) is 11.0 Å². The third kappa shape index (κ3) is 3.89. The Hall–Kier alpha value is -1.49. The number of aromatic nitrogens is 2. The van der Waals surface area contributed by atoms with Crippen LogP contribution in [0.15, 0.2) is 29.4 Å². The van der Waals surface area contributed by atoms with Crippen molar-refractivity contribution in [3.05, 3.63) is 24.3 Å². The topological polar surface area (TPSA) is 44.1 Å². The molecule has 0 spiro atoms. The maximum absolute atomic E-state index is 12.2. The first-order chi connectivity index (χ1) is 11.2. The van der Waals surface area contributed by atoms with E-state index in [0.29, 0.717) is 5.25 Å². The fraction of sp³-hybridized carbons (Fsp3) is 0.556. The van der Waals surface area contributed by atoms with Gasteiger partial charge in [-0.2, -0.15) is 0 Å². The van der Waals surface area contributed by atoms with Crippen LogP contribution in [-0.4, -0.2) is 26.9 Å². The summed E-state index contributed by atoms with van der Waals surface area (Å²) in [5.41, 5.74) is 1.96. The second-order valence-corrected chi connectivity index (χ2v) is 7.47. The molecule has 3 rings (SSSR count). The zero-order valence-corrected chi connectivity index (χ0v) is 14.6. The molecule has 23 heavy (non-hydrogen) atoms. The molecule has 4 nitrogen and oxygen atoms in total. The lowest BCUT2D eigenvalue weighted by Crippen LogP contribution is -2.19. The molecule has 1 unspecified atom stereocenters. The second kappa shape index (κ2) is 7.39. The van der Waals surface area contributed by atoms with Crippen molar-refractivity contribution in [3.8, 4) is 0 Å². The Bertz CT molecular complexity index is 677. The van der Waals surface area contributed by atoms with E-state index in [2.05, 4.69) is 0 Å². The summed E-state index contributed by atoms with van der Waals surface area (Å²) in [6.45, 7) is 4.18. The smallest absolute Gasteiger partial charge is 0.326 e. The minimum absolute atomic E-state index is 0.0387. The monoisotopic (exact) mass is 332 g/mol. The summed E-state index contributed by atoms with van der Waals surface area (Å²) >= 11 is 1.81. The van der Waals surface area contributed by atoms with Gasteiger partial charge in [-0.25, -0.2) is 4.98 Å². The average Bonchev–Trinajstić information content (AvgIpc) is 3.16. The standard InChI is InChI=1S/C18H24N2O2S/c1-3-13(2)22-17(21)12-20-16-11-7-6-10-15(16)19-18(20)23-14-8-4-5-9-14/h6-7,10-11,13-14H,3-5,8-9,12H2,1-2H3. The van der Waals surface area contributed by atoms with E-state index in [9.17, 15) is 4.79 Å². The molecule has 0 aliphatic heterocycles. The van der Waals surface area contributed by atoms with Gasteiger partial charge >= 0.3 is 5.97 Å². The SMILES string of the molecule is CCC(C)OC(=O)Cn1c(SC2CCCC2)nc2ccccc21. The number of thioether (sulfide) groups is 1.